The second-order valence-corrected chi connectivity index (χ2v) is 11.7. The standard InChI is InChI=1S/C31H37N7O3/c1-35(2)21-31(13-6-14-31)41-29-33-26-20-36(27-10-5-8-22-7-3-4-9-24(22)27)16-12-25(26)28(34-29)37-17-18-38(30(39)40)23(19-37)11-15-32/h3-5,7-10,23H,6,11-14,16-21H2,1-2H3,(H,39,40)/t23-/m0/s1. The number of anilines is 2. The van der Waals surface area contributed by atoms with Gasteiger partial charge in [-0.3, -0.25) is 0 Å². The van der Waals surface area contributed by atoms with Crippen LogP contribution in [0.3, 0.4) is 0 Å². The van der Waals surface area contributed by atoms with E-state index in [0.29, 0.717) is 32.2 Å². The first-order valence-corrected chi connectivity index (χ1v) is 14.4. The van der Waals surface area contributed by atoms with Crippen molar-refractivity contribution in [1.29, 1.82) is 5.26 Å². The first-order chi connectivity index (χ1) is 19.9. The number of ether oxygens (including phenoxy) is 1. The number of fused-ring (bicyclic) bond motifs is 2. The lowest BCUT2D eigenvalue weighted by Crippen LogP contribution is -2.55. The van der Waals surface area contributed by atoms with Gasteiger partial charge in [0.05, 0.1) is 30.8 Å². The highest BCUT2D eigenvalue weighted by Crippen LogP contribution is 2.39. The van der Waals surface area contributed by atoms with Gasteiger partial charge in [-0.2, -0.15) is 15.2 Å². The van der Waals surface area contributed by atoms with Crippen LogP contribution in [-0.2, 0) is 13.0 Å². The number of likely N-dealkylation sites (N-methyl/N-ethyl adjacent to an activating group) is 1. The maximum Gasteiger partial charge on any atom is 0.407 e. The Hall–Kier alpha value is -4.10. The highest BCUT2D eigenvalue weighted by Gasteiger charge is 2.41. The number of carbonyl (C=O) groups is 1. The zero-order chi connectivity index (χ0) is 28.6. The zero-order valence-corrected chi connectivity index (χ0v) is 23.8. The Morgan fingerprint density at radius 3 is 2.66 bits per heavy atom. The average molecular weight is 556 g/mol. The van der Waals surface area contributed by atoms with Crippen LogP contribution in [-0.4, -0.2) is 89.4 Å². The summed E-state index contributed by atoms with van der Waals surface area (Å²) >= 11 is 0. The summed E-state index contributed by atoms with van der Waals surface area (Å²) in [5.74, 6) is 0.815. The molecule has 2 aromatic carbocycles. The van der Waals surface area contributed by atoms with Gasteiger partial charge in [-0.15, -0.1) is 0 Å². The normalized spacial score (nSPS) is 20.0. The summed E-state index contributed by atoms with van der Waals surface area (Å²) in [5, 5.41) is 21.6. The summed E-state index contributed by atoms with van der Waals surface area (Å²) < 4.78 is 6.63. The second-order valence-electron chi connectivity index (χ2n) is 11.7. The maximum atomic E-state index is 11.9. The van der Waals surface area contributed by atoms with Crippen LogP contribution >= 0.6 is 0 Å². The first kappa shape index (κ1) is 27.1. The Labute approximate surface area is 240 Å². The van der Waals surface area contributed by atoms with Crippen molar-refractivity contribution in [3.8, 4) is 12.1 Å². The average Bonchev–Trinajstić information content (AvgIpc) is 2.94. The van der Waals surface area contributed by atoms with E-state index >= 15 is 0 Å². The zero-order valence-electron chi connectivity index (χ0n) is 23.8. The molecule has 3 aromatic rings. The fourth-order valence-corrected chi connectivity index (χ4v) is 6.60. The molecule has 1 saturated carbocycles. The molecule has 1 aromatic heterocycles. The van der Waals surface area contributed by atoms with Crippen LogP contribution in [0.2, 0.25) is 0 Å². The van der Waals surface area contributed by atoms with Crippen LogP contribution in [0.1, 0.15) is 36.9 Å². The molecule has 0 spiro atoms. The van der Waals surface area contributed by atoms with E-state index in [4.69, 9.17) is 14.7 Å². The summed E-state index contributed by atoms with van der Waals surface area (Å²) in [6.45, 7) is 3.49. The van der Waals surface area contributed by atoms with E-state index in [1.807, 2.05) is 0 Å². The predicted molar refractivity (Wildman–Crippen MR) is 157 cm³/mol. The van der Waals surface area contributed by atoms with Crippen molar-refractivity contribution in [3.63, 3.8) is 0 Å². The molecule has 3 aliphatic rings. The van der Waals surface area contributed by atoms with E-state index in [2.05, 4.69) is 77.3 Å². The Morgan fingerprint density at radius 1 is 1.12 bits per heavy atom. The molecule has 0 unspecified atom stereocenters. The Bertz CT molecular complexity index is 1480. The number of hydrogen-bond donors (Lipinski definition) is 1. The maximum absolute atomic E-state index is 11.9. The van der Waals surface area contributed by atoms with Gasteiger partial charge in [0.15, 0.2) is 0 Å². The minimum Gasteiger partial charge on any atom is -0.465 e. The molecule has 0 radical (unpaired) electrons. The molecule has 1 aliphatic carbocycles. The van der Waals surface area contributed by atoms with E-state index in [1.54, 1.807) is 0 Å². The van der Waals surface area contributed by atoms with Crippen LogP contribution in [0.4, 0.5) is 16.3 Å². The number of hydrogen-bond acceptors (Lipinski definition) is 8. The van der Waals surface area contributed by atoms with E-state index in [-0.39, 0.29) is 12.0 Å². The molecular weight excluding hydrogens is 518 g/mol. The smallest absolute Gasteiger partial charge is 0.407 e. The van der Waals surface area contributed by atoms with Gasteiger partial charge < -0.3 is 29.4 Å². The van der Waals surface area contributed by atoms with E-state index < -0.39 is 12.1 Å². The molecule has 41 heavy (non-hydrogen) atoms. The van der Waals surface area contributed by atoms with Crippen LogP contribution in [0, 0.1) is 11.3 Å². The molecule has 214 valence electrons. The number of benzene rings is 2. The third kappa shape index (κ3) is 5.34. The van der Waals surface area contributed by atoms with Crippen molar-refractivity contribution < 1.29 is 14.6 Å². The third-order valence-corrected chi connectivity index (χ3v) is 8.66. The van der Waals surface area contributed by atoms with Crippen molar-refractivity contribution in [2.75, 3.05) is 56.6 Å². The molecular formula is C31H37N7O3. The van der Waals surface area contributed by atoms with Gasteiger partial charge in [-0.05, 0) is 51.2 Å². The highest BCUT2D eigenvalue weighted by molar-refractivity contribution is 5.94. The molecule has 6 rings (SSSR count). The van der Waals surface area contributed by atoms with E-state index in [9.17, 15) is 15.2 Å². The van der Waals surface area contributed by atoms with Crippen molar-refractivity contribution in [2.24, 2.45) is 0 Å². The number of nitrogens with zero attached hydrogens (tertiary/aromatic N) is 7. The quantitative estimate of drug-likeness (QED) is 0.460. The fourth-order valence-electron chi connectivity index (χ4n) is 6.60. The molecule has 10 heteroatoms. The molecule has 0 bridgehead atoms. The molecule has 1 amide bonds. The van der Waals surface area contributed by atoms with E-state index in [0.717, 1.165) is 55.8 Å². The van der Waals surface area contributed by atoms with Crippen LogP contribution in [0.15, 0.2) is 42.5 Å². The molecule has 1 saturated heterocycles. The SMILES string of the molecule is CN(C)CC1(Oc2nc3c(c(N4CCN(C(=O)O)[C@@H](CC#N)C4)n2)CCN(c2cccc4ccccc24)C3)CCC1. The van der Waals surface area contributed by atoms with Gasteiger partial charge in [0.25, 0.3) is 0 Å². The summed E-state index contributed by atoms with van der Waals surface area (Å²) in [7, 11) is 4.11. The Balaban J connectivity index is 1.37. The lowest BCUT2D eigenvalue weighted by molar-refractivity contribution is -0.0334. The summed E-state index contributed by atoms with van der Waals surface area (Å²) in [6, 6.07) is 17.0. The number of rotatable bonds is 7. The topological polar surface area (TPSA) is 109 Å². The van der Waals surface area contributed by atoms with Gasteiger partial charge in [0.2, 0.25) is 0 Å². The summed E-state index contributed by atoms with van der Waals surface area (Å²) in [6.07, 6.45) is 2.96. The monoisotopic (exact) mass is 555 g/mol. The van der Waals surface area contributed by atoms with E-state index in [1.165, 1.54) is 21.4 Å². The molecule has 10 nitrogen and oxygen atoms in total. The van der Waals surface area contributed by atoms with Crippen LogP contribution < -0.4 is 14.5 Å². The number of piperazine rings is 1. The molecule has 2 aliphatic heterocycles. The summed E-state index contributed by atoms with van der Waals surface area (Å²) in [4.78, 5) is 29.9. The summed E-state index contributed by atoms with van der Waals surface area (Å²) in [5.41, 5.74) is 2.91. The molecule has 3 heterocycles. The third-order valence-electron chi connectivity index (χ3n) is 8.66. The number of carboxylic acid groups (broad SMARTS) is 1. The molecule has 1 atom stereocenters. The fraction of sp³-hybridized carbons (Fsp3) is 0.484. The molecule has 1 N–H and O–H groups in total. The lowest BCUT2D eigenvalue weighted by Gasteiger charge is -2.44. The van der Waals surface area contributed by atoms with Gasteiger partial charge >= 0.3 is 12.1 Å². The number of aromatic nitrogens is 2. The highest BCUT2D eigenvalue weighted by atomic mass is 16.5. The van der Waals surface area contributed by atoms with Gasteiger partial charge in [-0.25, -0.2) is 4.79 Å². The van der Waals surface area contributed by atoms with Crippen molar-refractivity contribution >= 4 is 28.4 Å². The molecule has 2 fully saturated rings. The Morgan fingerprint density at radius 2 is 1.93 bits per heavy atom. The largest absolute Gasteiger partial charge is 0.465 e. The first-order valence-electron chi connectivity index (χ1n) is 14.4. The van der Waals surface area contributed by atoms with Gasteiger partial charge in [-0.1, -0.05) is 36.4 Å². The predicted octanol–water partition coefficient (Wildman–Crippen LogP) is 4.14. The second kappa shape index (κ2) is 11.1. The minimum absolute atomic E-state index is 0.139. The van der Waals surface area contributed by atoms with Crippen LogP contribution in [0.5, 0.6) is 6.01 Å². The Kier molecular flexibility index (Phi) is 7.30. The van der Waals surface area contributed by atoms with Crippen LogP contribution in [0.25, 0.3) is 10.8 Å². The van der Waals surface area contributed by atoms with Crippen molar-refractivity contribution in [3.05, 3.63) is 53.7 Å². The number of amides is 1. The number of nitriles is 1. The minimum atomic E-state index is -0.986. The van der Waals surface area contributed by atoms with Gasteiger partial charge in [0, 0.05) is 49.4 Å². The van der Waals surface area contributed by atoms with Crippen molar-refractivity contribution in [1.82, 2.24) is 19.8 Å². The van der Waals surface area contributed by atoms with Gasteiger partial charge in [0.1, 0.15) is 11.4 Å². The lowest BCUT2D eigenvalue weighted by atomic mass is 9.79. The van der Waals surface area contributed by atoms with Crippen molar-refractivity contribution in [2.45, 2.75) is 50.3 Å².